The van der Waals surface area contributed by atoms with E-state index in [1.807, 2.05) is 44.3 Å². The number of rotatable bonds is 8. The van der Waals surface area contributed by atoms with Gasteiger partial charge in [-0.2, -0.15) is 0 Å². The number of carbonyl (C=O) groups is 1. The molecule has 0 radical (unpaired) electrons. The van der Waals surface area contributed by atoms with E-state index in [0.717, 1.165) is 23.4 Å². The summed E-state index contributed by atoms with van der Waals surface area (Å²) in [4.78, 5) is 15.9. The molecule has 4 heteroatoms. The molecule has 4 nitrogen and oxygen atoms in total. The van der Waals surface area contributed by atoms with Crippen molar-refractivity contribution in [1.82, 2.24) is 4.98 Å². The monoisotopic (exact) mass is 311 g/mol. The third-order valence-corrected chi connectivity index (χ3v) is 3.87. The molecule has 0 fully saturated rings. The Kier molecular flexibility index (Phi) is 4.72. The van der Waals surface area contributed by atoms with Crippen LogP contribution in [0.2, 0.25) is 0 Å². The molecule has 1 aliphatic carbocycles. The second kappa shape index (κ2) is 6.92. The average Bonchev–Trinajstić information content (AvgIpc) is 3.33. The van der Waals surface area contributed by atoms with Crippen LogP contribution in [-0.2, 0) is 16.0 Å². The van der Waals surface area contributed by atoms with Crippen LogP contribution in [0.3, 0.4) is 0 Å². The van der Waals surface area contributed by atoms with Crippen LogP contribution in [0.5, 0.6) is 5.75 Å². The Morgan fingerprint density at radius 3 is 2.65 bits per heavy atom. The van der Waals surface area contributed by atoms with E-state index in [9.17, 15) is 4.79 Å². The van der Waals surface area contributed by atoms with Gasteiger partial charge in [-0.05, 0) is 47.9 Å². The zero-order chi connectivity index (χ0) is 16.2. The lowest BCUT2D eigenvalue weighted by Gasteiger charge is -2.08. The van der Waals surface area contributed by atoms with Crippen molar-refractivity contribution in [1.29, 1.82) is 0 Å². The number of nitrogens with zero attached hydrogens (tertiary/aromatic N) is 1. The van der Waals surface area contributed by atoms with Crippen molar-refractivity contribution in [2.45, 2.75) is 20.3 Å². The topological polar surface area (TPSA) is 48.4 Å². The molecule has 0 N–H and O–H groups in total. The summed E-state index contributed by atoms with van der Waals surface area (Å²) in [7, 11) is 0. The fourth-order valence-corrected chi connectivity index (χ4v) is 2.22. The molecule has 120 valence electrons. The summed E-state index contributed by atoms with van der Waals surface area (Å²) in [5, 5.41) is 0. The van der Waals surface area contributed by atoms with Crippen molar-refractivity contribution in [2.24, 2.45) is 5.92 Å². The van der Waals surface area contributed by atoms with Gasteiger partial charge in [0.25, 0.3) is 0 Å². The molecule has 1 aromatic heterocycles. The number of hydrogen-bond acceptors (Lipinski definition) is 4. The quantitative estimate of drug-likeness (QED) is 0.599. The summed E-state index contributed by atoms with van der Waals surface area (Å²) in [6.07, 6.45) is 3.03. The number of aromatic nitrogens is 1. The maximum atomic E-state index is 11.4. The lowest BCUT2D eigenvalue weighted by molar-refractivity contribution is -0.126. The second-order valence-electron chi connectivity index (χ2n) is 6.06. The van der Waals surface area contributed by atoms with Gasteiger partial charge in [-0.3, -0.25) is 9.78 Å². The molecule has 1 aromatic carbocycles. The van der Waals surface area contributed by atoms with Gasteiger partial charge in [0.05, 0.1) is 12.3 Å². The van der Waals surface area contributed by atoms with Gasteiger partial charge in [0.15, 0.2) is 5.78 Å². The minimum absolute atomic E-state index is 0.0164. The van der Waals surface area contributed by atoms with Crippen LogP contribution >= 0.6 is 0 Å². The molecule has 0 spiro atoms. The van der Waals surface area contributed by atoms with Crippen molar-refractivity contribution in [3.05, 3.63) is 47.7 Å². The highest BCUT2D eigenvalue weighted by Gasteiger charge is 2.17. The Bertz CT molecular complexity index is 692. The third kappa shape index (κ3) is 4.17. The first kappa shape index (κ1) is 15.7. The zero-order valence-corrected chi connectivity index (χ0v) is 13.5. The first-order chi connectivity index (χ1) is 11.1. The molecule has 2 aromatic rings. The molecule has 0 saturated heterocycles. The summed E-state index contributed by atoms with van der Waals surface area (Å²) < 4.78 is 10.9. The molecular weight excluding hydrogens is 290 g/mol. The minimum atomic E-state index is 0.0164. The molecule has 0 aliphatic heterocycles. The molecule has 0 atom stereocenters. The van der Waals surface area contributed by atoms with Gasteiger partial charge in [-0.1, -0.05) is 13.8 Å². The van der Waals surface area contributed by atoms with Gasteiger partial charge in [-0.25, -0.2) is 0 Å². The first-order valence-corrected chi connectivity index (χ1v) is 7.95. The van der Waals surface area contributed by atoms with E-state index in [4.69, 9.17) is 9.47 Å². The van der Waals surface area contributed by atoms with E-state index in [1.54, 1.807) is 0 Å². The highest BCUT2D eigenvalue weighted by Crippen LogP contribution is 2.31. The number of carbonyl (C=O) groups excluding carboxylic acids is 1. The summed E-state index contributed by atoms with van der Waals surface area (Å²) in [5.41, 5.74) is 4.84. The van der Waals surface area contributed by atoms with E-state index in [0.29, 0.717) is 13.2 Å². The molecular formula is C19H21NO3. The summed E-state index contributed by atoms with van der Waals surface area (Å²) in [5.74, 6) is 0.923. The van der Waals surface area contributed by atoms with E-state index in [1.165, 1.54) is 11.1 Å². The van der Waals surface area contributed by atoms with E-state index < -0.39 is 0 Å². The number of hydrogen-bond donors (Lipinski definition) is 0. The molecule has 1 aliphatic rings. The van der Waals surface area contributed by atoms with Crippen LogP contribution in [-0.4, -0.2) is 30.6 Å². The van der Waals surface area contributed by atoms with Crippen molar-refractivity contribution >= 4 is 5.78 Å². The Morgan fingerprint density at radius 1 is 1.17 bits per heavy atom. The van der Waals surface area contributed by atoms with Crippen molar-refractivity contribution in [3.8, 4) is 17.0 Å². The fourth-order valence-electron chi connectivity index (χ4n) is 2.22. The minimum Gasteiger partial charge on any atom is -0.491 e. The molecule has 0 bridgehead atoms. The standard InChI is InChI=1S/C19H21NO3/c1-13(2)19(21)12-22-7-8-23-17-5-3-14(4-6-17)18-10-15-9-16(15)11-20-18/h3-6,10-11,13H,7-9,12H2,1-2H3. The van der Waals surface area contributed by atoms with Crippen LogP contribution in [0.15, 0.2) is 36.5 Å². The van der Waals surface area contributed by atoms with Gasteiger partial charge in [0, 0.05) is 17.7 Å². The zero-order valence-electron chi connectivity index (χ0n) is 13.5. The number of Topliss-reactive ketones (excluding diaryl/α,β-unsaturated/α-hetero) is 1. The summed E-state index contributed by atoms with van der Waals surface area (Å²) >= 11 is 0. The predicted octanol–water partition coefficient (Wildman–Crippen LogP) is 3.27. The predicted molar refractivity (Wildman–Crippen MR) is 88.6 cm³/mol. The van der Waals surface area contributed by atoms with Crippen LogP contribution in [0.1, 0.15) is 25.0 Å². The third-order valence-electron chi connectivity index (χ3n) is 3.87. The van der Waals surface area contributed by atoms with Crippen molar-refractivity contribution in [3.63, 3.8) is 0 Å². The fraction of sp³-hybridized carbons (Fsp3) is 0.368. The van der Waals surface area contributed by atoms with Gasteiger partial charge >= 0.3 is 0 Å². The van der Waals surface area contributed by atoms with Gasteiger partial charge in [0.1, 0.15) is 19.0 Å². The SMILES string of the molecule is CC(C)C(=O)COCCOc1ccc(-c2cc3c(cn2)C3)cc1. The van der Waals surface area contributed by atoms with Crippen molar-refractivity contribution in [2.75, 3.05) is 19.8 Å². The van der Waals surface area contributed by atoms with E-state index >= 15 is 0 Å². The molecule has 0 saturated carbocycles. The first-order valence-electron chi connectivity index (χ1n) is 7.95. The van der Waals surface area contributed by atoms with Crippen LogP contribution in [0, 0.1) is 5.92 Å². The van der Waals surface area contributed by atoms with Gasteiger partial charge < -0.3 is 9.47 Å². The lowest BCUT2D eigenvalue weighted by atomic mass is 10.1. The number of fused-ring (bicyclic) bond motifs is 1. The number of benzene rings is 1. The molecule has 0 unspecified atom stereocenters. The molecule has 3 rings (SSSR count). The lowest BCUT2D eigenvalue weighted by Crippen LogP contribution is -2.17. The Hall–Kier alpha value is -2.20. The van der Waals surface area contributed by atoms with Gasteiger partial charge in [-0.15, -0.1) is 0 Å². The smallest absolute Gasteiger partial charge is 0.160 e. The Labute approximate surface area is 136 Å². The van der Waals surface area contributed by atoms with Crippen LogP contribution in [0.4, 0.5) is 0 Å². The largest absolute Gasteiger partial charge is 0.491 e. The van der Waals surface area contributed by atoms with Crippen molar-refractivity contribution < 1.29 is 14.3 Å². The maximum Gasteiger partial charge on any atom is 0.160 e. The molecule has 1 heterocycles. The van der Waals surface area contributed by atoms with E-state index in [-0.39, 0.29) is 18.3 Å². The molecule has 0 amide bonds. The average molecular weight is 311 g/mol. The van der Waals surface area contributed by atoms with Gasteiger partial charge in [0.2, 0.25) is 0 Å². The van der Waals surface area contributed by atoms with Crippen LogP contribution < -0.4 is 4.74 Å². The van der Waals surface area contributed by atoms with Crippen LogP contribution in [0.25, 0.3) is 11.3 Å². The molecule has 23 heavy (non-hydrogen) atoms. The summed E-state index contributed by atoms with van der Waals surface area (Å²) in [6, 6.07) is 10.0. The highest BCUT2D eigenvalue weighted by molar-refractivity contribution is 5.81. The Balaban J connectivity index is 1.44. The number of pyridine rings is 1. The maximum absolute atomic E-state index is 11.4. The van der Waals surface area contributed by atoms with E-state index in [2.05, 4.69) is 11.1 Å². The normalized spacial score (nSPS) is 12.1. The summed E-state index contributed by atoms with van der Waals surface area (Å²) in [6.45, 7) is 4.74. The Morgan fingerprint density at radius 2 is 1.96 bits per heavy atom. The highest BCUT2D eigenvalue weighted by atomic mass is 16.5. The number of ether oxygens (including phenoxy) is 2. The number of ketones is 1. The second-order valence-corrected chi connectivity index (χ2v) is 6.06.